The van der Waals surface area contributed by atoms with Crippen molar-refractivity contribution >= 4 is 5.69 Å². The molecule has 1 heterocycles. The molecule has 0 amide bonds. The van der Waals surface area contributed by atoms with Crippen LogP contribution in [0.3, 0.4) is 0 Å². The molecule has 0 saturated carbocycles. The molecule has 1 saturated heterocycles. The van der Waals surface area contributed by atoms with E-state index in [4.69, 9.17) is 15.2 Å². The van der Waals surface area contributed by atoms with Crippen LogP contribution in [-0.4, -0.2) is 38.4 Å². The predicted molar refractivity (Wildman–Crippen MR) is 87.1 cm³/mol. The van der Waals surface area contributed by atoms with E-state index >= 15 is 0 Å². The Labute approximate surface area is 128 Å². The normalized spacial score (nSPS) is 29.2. The van der Waals surface area contributed by atoms with Crippen molar-refractivity contribution in [2.24, 2.45) is 5.73 Å². The number of hydrogen-bond acceptors (Lipinski definition) is 4. The van der Waals surface area contributed by atoms with Gasteiger partial charge in [0.25, 0.3) is 0 Å². The number of nitrogens with zero attached hydrogens (tertiary/aromatic N) is 1. The summed E-state index contributed by atoms with van der Waals surface area (Å²) in [5, 5.41) is 0. The fraction of sp³-hybridized carbons (Fsp3) is 0.647. The highest BCUT2D eigenvalue weighted by Gasteiger charge is 2.44. The summed E-state index contributed by atoms with van der Waals surface area (Å²) in [7, 11) is 3.82. The van der Waals surface area contributed by atoms with E-state index in [1.54, 1.807) is 7.11 Å². The van der Waals surface area contributed by atoms with Crippen molar-refractivity contribution in [1.82, 2.24) is 0 Å². The van der Waals surface area contributed by atoms with Crippen molar-refractivity contribution < 1.29 is 9.47 Å². The highest BCUT2D eigenvalue weighted by molar-refractivity contribution is 5.51. The summed E-state index contributed by atoms with van der Waals surface area (Å²) in [5.41, 5.74) is 7.23. The summed E-state index contributed by atoms with van der Waals surface area (Å²) in [6.45, 7) is 5.77. The number of likely N-dealkylation sites (N-methyl/N-ethyl adjacent to an activating group) is 1. The molecule has 21 heavy (non-hydrogen) atoms. The van der Waals surface area contributed by atoms with Crippen LogP contribution in [0.1, 0.15) is 33.1 Å². The molecule has 1 aromatic rings. The molecule has 1 aromatic carbocycles. The summed E-state index contributed by atoms with van der Waals surface area (Å²) in [5.74, 6) is 0.874. The average molecular weight is 292 g/mol. The van der Waals surface area contributed by atoms with Gasteiger partial charge in [-0.05, 0) is 44.0 Å². The lowest BCUT2D eigenvalue weighted by Crippen LogP contribution is -2.60. The second kappa shape index (κ2) is 6.24. The van der Waals surface area contributed by atoms with E-state index in [1.165, 1.54) is 5.69 Å². The maximum Gasteiger partial charge on any atom is 0.119 e. The maximum absolute atomic E-state index is 6.19. The third kappa shape index (κ3) is 3.16. The van der Waals surface area contributed by atoms with Gasteiger partial charge in [0.15, 0.2) is 0 Å². The largest absolute Gasteiger partial charge is 0.497 e. The first-order valence-electron chi connectivity index (χ1n) is 7.70. The Bertz CT molecular complexity index is 462. The molecule has 0 bridgehead atoms. The van der Waals surface area contributed by atoms with Gasteiger partial charge in [0.1, 0.15) is 5.75 Å². The van der Waals surface area contributed by atoms with E-state index in [-0.39, 0.29) is 11.1 Å². The van der Waals surface area contributed by atoms with Crippen LogP contribution in [0.2, 0.25) is 0 Å². The molecule has 2 unspecified atom stereocenters. The molecule has 0 spiro atoms. The minimum absolute atomic E-state index is 0.0440. The van der Waals surface area contributed by atoms with Crippen molar-refractivity contribution in [3.05, 3.63) is 24.3 Å². The van der Waals surface area contributed by atoms with Crippen molar-refractivity contribution in [2.45, 2.75) is 44.2 Å². The van der Waals surface area contributed by atoms with Gasteiger partial charge in [0.2, 0.25) is 0 Å². The SMILES string of the molecule is CCC1(C)CC(CN)(N(C)c2ccc(OC)cc2)CCO1. The Morgan fingerprint density at radius 1 is 1.33 bits per heavy atom. The van der Waals surface area contributed by atoms with Gasteiger partial charge in [0, 0.05) is 32.3 Å². The van der Waals surface area contributed by atoms with Gasteiger partial charge in [-0.25, -0.2) is 0 Å². The van der Waals surface area contributed by atoms with Gasteiger partial charge in [-0.15, -0.1) is 0 Å². The number of nitrogens with two attached hydrogens (primary N) is 1. The lowest BCUT2D eigenvalue weighted by atomic mass is 9.78. The summed E-state index contributed by atoms with van der Waals surface area (Å²) in [6, 6.07) is 8.17. The monoisotopic (exact) mass is 292 g/mol. The molecule has 1 fully saturated rings. The second-order valence-corrected chi connectivity index (χ2v) is 6.26. The highest BCUT2D eigenvalue weighted by atomic mass is 16.5. The number of benzene rings is 1. The molecule has 0 aliphatic carbocycles. The fourth-order valence-corrected chi connectivity index (χ4v) is 3.23. The Balaban J connectivity index is 2.26. The quantitative estimate of drug-likeness (QED) is 0.906. The van der Waals surface area contributed by atoms with Gasteiger partial charge >= 0.3 is 0 Å². The van der Waals surface area contributed by atoms with Crippen molar-refractivity contribution in [3.8, 4) is 5.75 Å². The number of hydrogen-bond donors (Lipinski definition) is 1. The zero-order chi connectivity index (χ0) is 15.5. The molecule has 2 atom stereocenters. The van der Waals surface area contributed by atoms with Gasteiger partial charge < -0.3 is 20.1 Å². The molecule has 1 aliphatic heterocycles. The van der Waals surface area contributed by atoms with Crippen LogP contribution in [-0.2, 0) is 4.74 Å². The third-order valence-electron chi connectivity index (χ3n) is 5.02. The zero-order valence-corrected chi connectivity index (χ0v) is 13.7. The van der Waals surface area contributed by atoms with Crippen LogP contribution in [0.4, 0.5) is 5.69 Å². The summed E-state index contributed by atoms with van der Waals surface area (Å²) in [6.07, 6.45) is 2.92. The van der Waals surface area contributed by atoms with E-state index < -0.39 is 0 Å². The highest BCUT2D eigenvalue weighted by Crippen LogP contribution is 2.39. The number of methoxy groups -OCH3 is 1. The van der Waals surface area contributed by atoms with Crippen LogP contribution in [0.5, 0.6) is 5.75 Å². The Kier molecular flexibility index (Phi) is 4.79. The van der Waals surface area contributed by atoms with E-state index in [2.05, 4.69) is 37.9 Å². The van der Waals surface area contributed by atoms with Crippen LogP contribution in [0, 0.1) is 0 Å². The first kappa shape index (κ1) is 16.1. The first-order valence-corrected chi connectivity index (χ1v) is 7.70. The van der Waals surface area contributed by atoms with Crippen LogP contribution < -0.4 is 15.4 Å². The topological polar surface area (TPSA) is 47.7 Å². The fourth-order valence-electron chi connectivity index (χ4n) is 3.23. The lowest BCUT2D eigenvalue weighted by molar-refractivity contribution is -0.0928. The summed E-state index contributed by atoms with van der Waals surface area (Å²) in [4.78, 5) is 2.32. The molecule has 2 N–H and O–H groups in total. The number of rotatable bonds is 5. The second-order valence-electron chi connectivity index (χ2n) is 6.26. The van der Waals surface area contributed by atoms with E-state index in [9.17, 15) is 0 Å². The number of anilines is 1. The molecule has 4 nitrogen and oxygen atoms in total. The predicted octanol–water partition coefficient (Wildman–Crippen LogP) is 2.81. The lowest BCUT2D eigenvalue weighted by Gasteiger charge is -2.51. The number of ether oxygens (including phenoxy) is 2. The molecule has 1 aliphatic rings. The standard InChI is InChI=1S/C17H28N2O2/c1-5-16(2)12-17(13-18,10-11-21-16)19(3)14-6-8-15(20-4)9-7-14/h6-9H,5,10-13,18H2,1-4H3. The molecule has 2 rings (SSSR count). The van der Waals surface area contributed by atoms with Crippen molar-refractivity contribution in [2.75, 3.05) is 32.2 Å². The van der Waals surface area contributed by atoms with E-state index in [1.807, 2.05) is 12.1 Å². The first-order chi connectivity index (χ1) is 9.98. The van der Waals surface area contributed by atoms with Crippen molar-refractivity contribution in [3.63, 3.8) is 0 Å². The molecule has 0 aromatic heterocycles. The van der Waals surface area contributed by atoms with Gasteiger partial charge in [-0.1, -0.05) is 6.92 Å². The zero-order valence-electron chi connectivity index (χ0n) is 13.7. The minimum atomic E-state index is -0.0850. The van der Waals surface area contributed by atoms with Crippen molar-refractivity contribution in [1.29, 1.82) is 0 Å². The van der Waals surface area contributed by atoms with Crippen LogP contribution >= 0.6 is 0 Å². The third-order valence-corrected chi connectivity index (χ3v) is 5.02. The summed E-state index contributed by atoms with van der Waals surface area (Å²) < 4.78 is 11.2. The van der Waals surface area contributed by atoms with E-state index in [0.29, 0.717) is 6.54 Å². The molecular formula is C17H28N2O2. The Morgan fingerprint density at radius 3 is 2.52 bits per heavy atom. The molecular weight excluding hydrogens is 264 g/mol. The Morgan fingerprint density at radius 2 is 2.00 bits per heavy atom. The summed E-state index contributed by atoms with van der Waals surface area (Å²) >= 11 is 0. The minimum Gasteiger partial charge on any atom is -0.497 e. The van der Waals surface area contributed by atoms with E-state index in [0.717, 1.165) is 31.6 Å². The maximum atomic E-state index is 6.19. The molecule has 0 radical (unpaired) electrons. The van der Waals surface area contributed by atoms with Gasteiger partial charge in [0.05, 0.1) is 18.2 Å². The average Bonchev–Trinajstić information content (AvgIpc) is 2.54. The van der Waals surface area contributed by atoms with Crippen LogP contribution in [0.25, 0.3) is 0 Å². The Hall–Kier alpha value is -1.26. The molecule has 4 heteroatoms. The van der Waals surface area contributed by atoms with Gasteiger partial charge in [-0.2, -0.15) is 0 Å². The van der Waals surface area contributed by atoms with Crippen LogP contribution in [0.15, 0.2) is 24.3 Å². The van der Waals surface area contributed by atoms with Gasteiger partial charge in [-0.3, -0.25) is 0 Å². The smallest absolute Gasteiger partial charge is 0.119 e. The molecule has 118 valence electrons.